The number of para-hydroxylation sites is 1. The fourth-order valence-corrected chi connectivity index (χ4v) is 2.35. The molecule has 3 N–H and O–H groups in total. The molecular formula is C13H17ClN2O3. The summed E-state index contributed by atoms with van der Waals surface area (Å²) in [5.41, 5.74) is 6.06. The van der Waals surface area contributed by atoms with Gasteiger partial charge in [-0.05, 0) is 25.0 Å². The maximum absolute atomic E-state index is 12.1. The lowest BCUT2D eigenvalue weighted by Gasteiger charge is -2.15. The molecule has 1 amide bonds. The maximum atomic E-state index is 12.1. The zero-order chi connectivity index (χ0) is 13.8. The standard InChI is InChI=1S/C13H17ClN2O3/c1-18-12-9(14)3-2-4-10(12)16-13(17)11-6-5-8(7-15)19-11/h2-4,8,11H,5-7,15H2,1H3,(H,16,17)/t8-,11+/m1/s1. The highest BCUT2D eigenvalue weighted by molar-refractivity contribution is 6.32. The second kappa shape index (κ2) is 6.23. The van der Waals surface area contributed by atoms with E-state index in [4.69, 9.17) is 26.8 Å². The van der Waals surface area contributed by atoms with Crippen LogP contribution in [-0.4, -0.2) is 31.8 Å². The number of nitrogens with one attached hydrogen (secondary N) is 1. The van der Waals surface area contributed by atoms with Crippen LogP contribution in [0.1, 0.15) is 12.8 Å². The first-order chi connectivity index (χ1) is 9.15. The van der Waals surface area contributed by atoms with Crippen LogP contribution in [0, 0.1) is 0 Å². The number of carbonyl (C=O) groups is 1. The minimum Gasteiger partial charge on any atom is -0.493 e. The lowest BCUT2D eigenvalue weighted by Crippen LogP contribution is -2.29. The van der Waals surface area contributed by atoms with Crippen molar-refractivity contribution in [1.82, 2.24) is 0 Å². The number of benzene rings is 1. The third kappa shape index (κ3) is 3.18. The first-order valence-corrected chi connectivity index (χ1v) is 6.52. The summed E-state index contributed by atoms with van der Waals surface area (Å²) in [5, 5.41) is 3.23. The third-order valence-corrected chi connectivity index (χ3v) is 3.39. The maximum Gasteiger partial charge on any atom is 0.253 e. The van der Waals surface area contributed by atoms with E-state index >= 15 is 0 Å². The van der Waals surface area contributed by atoms with Crippen LogP contribution in [0.15, 0.2) is 18.2 Å². The second-order valence-corrected chi connectivity index (χ2v) is 4.78. The molecule has 19 heavy (non-hydrogen) atoms. The Bertz CT molecular complexity index is 467. The fraction of sp³-hybridized carbons (Fsp3) is 0.462. The molecule has 1 fully saturated rings. The van der Waals surface area contributed by atoms with Crippen LogP contribution in [0.5, 0.6) is 5.75 Å². The fourth-order valence-electron chi connectivity index (χ4n) is 2.10. The van der Waals surface area contributed by atoms with E-state index in [0.29, 0.717) is 29.4 Å². The molecular weight excluding hydrogens is 268 g/mol. The van der Waals surface area contributed by atoms with Gasteiger partial charge in [-0.3, -0.25) is 4.79 Å². The van der Waals surface area contributed by atoms with E-state index in [9.17, 15) is 4.79 Å². The lowest BCUT2D eigenvalue weighted by molar-refractivity contribution is -0.126. The summed E-state index contributed by atoms with van der Waals surface area (Å²) >= 11 is 5.99. The van der Waals surface area contributed by atoms with Crippen LogP contribution in [0.4, 0.5) is 5.69 Å². The molecule has 6 heteroatoms. The Hall–Kier alpha value is -1.30. The van der Waals surface area contributed by atoms with E-state index in [0.717, 1.165) is 6.42 Å². The molecule has 1 saturated heterocycles. The SMILES string of the molecule is COc1c(Cl)cccc1NC(=O)[C@@H]1CC[C@H](CN)O1. The first-order valence-electron chi connectivity index (χ1n) is 6.14. The molecule has 5 nitrogen and oxygen atoms in total. The average Bonchev–Trinajstić information content (AvgIpc) is 2.88. The summed E-state index contributed by atoms with van der Waals surface area (Å²) < 4.78 is 10.7. The number of halogens is 1. The van der Waals surface area contributed by atoms with Crippen molar-refractivity contribution in [2.45, 2.75) is 25.0 Å². The van der Waals surface area contributed by atoms with E-state index in [-0.39, 0.29) is 12.0 Å². The molecule has 0 aromatic heterocycles. The Morgan fingerprint density at radius 3 is 3.00 bits per heavy atom. The van der Waals surface area contributed by atoms with Crippen LogP contribution in [0.25, 0.3) is 0 Å². The zero-order valence-corrected chi connectivity index (χ0v) is 11.4. The van der Waals surface area contributed by atoms with Crippen molar-refractivity contribution in [1.29, 1.82) is 0 Å². The van der Waals surface area contributed by atoms with Crippen molar-refractivity contribution in [3.63, 3.8) is 0 Å². The van der Waals surface area contributed by atoms with E-state index in [1.165, 1.54) is 7.11 Å². The van der Waals surface area contributed by atoms with E-state index in [2.05, 4.69) is 5.32 Å². The average molecular weight is 285 g/mol. The number of anilines is 1. The largest absolute Gasteiger partial charge is 0.493 e. The highest BCUT2D eigenvalue weighted by Crippen LogP contribution is 2.33. The van der Waals surface area contributed by atoms with Crippen LogP contribution in [-0.2, 0) is 9.53 Å². The van der Waals surface area contributed by atoms with Gasteiger partial charge in [0.15, 0.2) is 5.75 Å². The molecule has 0 radical (unpaired) electrons. The van der Waals surface area contributed by atoms with Crippen molar-refractivity contribution in [2.24, 2.45) is 5.73 Å². The first kappa shape index (κ1) is 14.1. The molecule has 0 spiro atoms. The predicted molar refractivity (Wildman–Crippen MR) is 73.6 cm³/mol. The predicted octanol–water partition coefficient (Wildman–Crippen LogP) is 1.79. The van der Waals surface area contributed by atoms with Crippen LogP contribution in [0.3, 0.4) is 0 Å². The summed E-state index contributed by atoms with van der Waals surface area (Å²) in [5.74, 6) is 0.252. The van der Waals surface area contributed by atoms with Crippen LogP contribution >= 0.6 is 11.6 Å². The zero-order valence-electron chi connectivity index (χ0n) is 10.7. The number of rotatable bonds is 4. The van der Waals surface area contributed by atoms with Crippen molar-refractivity contribution in [3.8, 4) is 5.75 Å². The molecule has 0 saturated carbocycles. The molecule has 1 aromatic rings. The van der Waals surface area contributed by atoms with Gasteiger partial charge in [-0.1, -0.05) is 17.7 Å². The van der Waals surface area contributed by atoms with Gasteiger partial charge in [0.25, 0.3) is 5.91 Å². The molecule has 1 aliphatic rings. The topological polar surface area (TPSA) is 73.6 Å². The van der Waals surface area contributed by atoms with Crippen LogP contribution in [0.2, 0.25) is 5.02 Å². The second-order valence-electron chi connectivity index (χ2n) is 4.37. The van der Waals surface area contributed by atoms with Gasteiger partial charge in [0.05, 0.1) is 23.9 Å². The number of methoxy groups -OCH3 is 1. The molecule has 1 aromatic carbocycles. The van der Waals surface area contributed by atoms with E-state index in [1.54, 1.807) is 18.2 Å². The quantitative estimate of drug-likeness (QED) is 0.884. The minimum atomic E-state index is -0.461. The number of hydrogen-bond acceptors (Lipinski definition) is 4. The van der Waals surface area contributed by atoms with Gasteiger partial charge in [-0.25, -0.2) is 0 Å². The molecule has 2 atom stereocenters. The molecule has 104 valence electrons. The van der Waals surface area contributed by atoms with Gasteiger partial charge in [0, 0.05) is 6.54 Å². The van der Waals surface area contributed by atoms with Crippen molar-refractivity contribution >= 4 is 23.2 Å². The molecule has 0 aliphatic carbocycles. The summed E-state index contributed by atoms with van der Waals surface area (Å²) in [7, 11) is 1.51. The third-order valence-electron chi connectivity index (χ3n) is 3.09. The Balaban J connectivity index is 2.05. The summed E-state index contributed by atoms with van der Waals surface area (Å²) in [6, 6.07) is 5.18. The molecule has 2 rings (SSSR count). The summed E-state index contributed by atoms with van der Waals surface area (Å²) in [4.78, 5) is 12.1. The number of amides is 1. The summed E-state index contributed by atoms with van der Waals surface area (Å²) in [6.45, 7) is 0.435. The Morgan fingerprint density at radius 2 is 2.37 bits per heavy atom. The smallest absolute Gasteiger partial charge is 0.253 e. The molecule has 0 unspecified atom stereocenters. The lowest BCUT2D eigenvalue weighted by atomic mass is 10.2. The van der Waals surface area contributed by atoms with Crippen molar-refractivity contribution in [2.75, 3.05) is 19.0 Å². The van der Waals surface area contributed by atoms with E-state index < -0.39 is 6.10 Å². The van der Waals surface area contributed by atoms with Gasteiger partial charge in [-0.2, -0.15) is 0 Å². The van der Waals surface area contributed by atoms with Gasteiger partial charge < -0.3 is 20.5 Å². The van der Waals surface area contributed by atoms with Gasteiger partial charge >= 0.3 is 0 Å². The van der Waals surface area contributed by atoms with Crippen LogP contribution < -0.4 is 15.8 Å². The Morgan fingerprint density at radius 1 is 1.58 bits per heavy atom. The normalized spacial score (nSPS) is 22.3. The molecule has 1 heterocycles. The Labute approximate surface area is 117 Å². The van der Waals surface area contributed by atoms with E-state index in [1.807, 2.05) is 0 Å². The number of ether oxygens (including phenoxy) is 2. The molecule has 1 aliphatic heterocycles. The Kier molecular flexibility index (Phi) is 4.63. The van der Waals surface area contributed by atoms with Gasteiger partial charge in [0.2, 0.25) is 0 Å². The van der Waals surface area contributed by atoms with Crippen molar-refractivity contribution < 1.29 is 14.3 Å². The monoisotopic (exact) mass is 284 g/mol. The molecule has 0 bridgehead atoms. The minimum absolute atomic E-state index is 0.0305. The number of carbonyl (C=O) groups excluding carboxylic acids is 1. The van der Waals surface area contributed by atoms with Gasteiger partial charge in [-0.15, -0.1) is 0 Å². The number of nitrogens with two attached hydrogens (primary N) is 1. The number of hydrogen-bond donors (Lipinski definition) is 2. The van der Waals surface area contributed by atoms with Gasteiger partial charge in [0.1, 0.15) is 6.10 Å². The highest BCUT2D eigenvalue weighted by atomic mass is 35.5. The van der Waals surface area contributed by atoms with Crippen molar-refractivity contribution in [3.05, 3.63) is 23.2 Å². The highest BCUT2D eigenvalue weighted by Gasteiger charge is 2.30. The summed E-state index contributed by atoms with van der Waals surface area (Å²) in [6.07, 6.45) is 0.993.